The van der Waals surface area contributed by atoms with E-state index >= 15 is 0 Å². The molecule has 0 unspecified atom stereocenters. The SMILES string of the molecule is N#Cc1nn(Cc2cc(F)ccc2F)c2ncccc12. The number of rotatable bonds is 2. The molecular weight excluding hydrogens is 262 g/mol. The summed E-state index contributed by atoms with van der Waals surface area (Å²) in [5, 5.41) is 13.7. The van der Waals surface area contributed by atoms with E-state index in [-0.39, 0.29) is 17.8 Å². The van der Waals surface area contributed by atoms with Crippen molar-refractivity contribution in [2.45, 2.75) is 6.54 Å². The molecule has 0 aliphatic heterocycles. The van der Waals surface area contributed by atoms with Crippen LogP contribution in [-0.4, -0.2) is 14.8 Å². The summed E-state index contributed by atoms with van der Waals surface area (Å²) in [5.41, 5.74) is 0.835. The zero-order chi connectivity index (χ0) is 14.1. The minimum Gasteiger partial charge on any atom is -0.241 e. The number of benzene rings is 1. The molecule has 0 radical (unpaired) electrons. The molecule has 0 atom stereocenters. The number of hydrogen-bond donors (Lipinski definition) is 0. The van der Waals surface area contributed by atoms with Crippen molar-refractivity contribution in [2.75, 3.05) is 0 Å². The summed E-state index contributed by atoms with van der Waals surface area (Å²) in [5.74, 6) is -1.05. The van der Waals surface area contributed by atoms with Gasteiger partial charge in [0.1, 0.15) is 17.7 Å². The third-order valence-corrected chi connectivity index (χ3v) is 2.94. The minimum absolute atomic E-state index is 0.0127. The molecule has 3 rings (SSSR count). The number of nitrogens with zero attached hydrogens (tertiary/aromatic N) is 4. The molecule has 0 aliphatic rings. The number of nitriles is 1. The van der Waals surface area contributed by atoms with Crippen LogP contribution < -0.4 is 0 Å². The topological polar surface area (TPSA) is 54.5 Å². The summed E-state index contributed by atoms with van der Waals surface area (Å²) in [6.45, 7) is 0.0127. The molecule has 0 bridgehead atoms. The van der Waals surface area contributed by atoms with E-state index in [9.17, 15) is 8.78 Å². The summed E-state index contributed by atoms with van der Waals surface area (Å²) in [6.07, 6.45) is 1.56. The van der Waals surface area contributed by atoms with Crippen molar-refractivity contribution in [1.29, 1.82) is 5.26 Å². The van der Waals surface area contributed by atoms with Crippen LogP contribution in [-0.2, 0) is 6.54 Å². The molecule has 2 aromatic heterocycles. The van der Waals surface area contributed by atoms with Crippen LogP contribution in [0, 0.1) is 23.0 Å². The van der Waals surface area contributed by atoms with Crippen LogP contribution in [0.2, 0.25) is 0 Å². The van der Waals surface area contributed by atoms with Gasteiger partial charge in [0.15, 0.2) is 11.3 Å². The molecule has 4 nitrogen and oxygen atoms in total. The lowest BCUT2D eigenvalue weighted by Gasteiger charge is -2.04. The van der Waals surface area contributed by atoms with Crippen molar-refractivity contribution in [2.24, 2.45) is 0 Å². The van der Waals surface area contributed by atoms with Gasteiger partial charge in [-0.25, -0.2) is 18.4 Å². The molecule has 1 aromatic carbocycles. The highest BCUT2D eigenvalue weighted by atomic mass is 19.1. The Balaban J connectivity index is 2.12. The molecule has 0 spiro atoms. The van der Waals surface area contributed by atoms with Crippen molar-refractivity contribution in [3.05, 3.63) is 59.4 Å². The maximum atomic E-state index is 13.7. The van der Waals surface area contributed by atoms with Crippen molar-refractivity contribution in [1.82, 2.24) is 14.8 Å². The summed E-state index contributed by atoms with van der Waals surface area (Å²) < 4.78 is 28.2. The van der Waals surface area contributed by atoms with E-state index in [1.807, 2.05) is 6.07 Å². The van der Waals surface area contributed by atoms with Crippen molar-refractivity contribution >= 4 is 11.0 Å². The number of fused-ring (bicyclic) bond motifs is 1. The van der Waals surface area contributed by atoms with Crippen LogP contribution >= 0.6 is 0 Å². The second kappa shape index (κ2) is 4.70. The average Bonchev–Trinajstić information content (AvgIpc) is 2.81. The van der Waals surface area contributed by atoms with Crippen LogP contribution in [0.1, 0.15) is 11.3 Å². The largest absolute Gasteiger partial charge is 0.241 e. The molecule has 0 amide bonds. The van der Waals surface area contributed by atoms with Gasteiger partial charge < -0.3 is 0 Å². The Morgan fingerprint density at radius 2 is 2.10 bits per heavy atom. The first kappa shape index (κ1) is 12.2. The Morgan fingerprint density at radius 3 is 2.90 bits per heavy atom. The smallest absolute Gasteiger partial charge is 0.172 e. The van der Waals surface area contributed by atoms with Crippen molar-refractivity contribution in [3.8, 4) is 6.07 Å². The first-order chi connectivity index (χ1) is 9.69. The molecule has 3 aromatic rings. The highest BCUT2D eigenvalue weighted by molar-refractivity contribution is 5.80. The fraction of sp³-hybridized carbons (Fsp3) is 0.0714. The fourth-order valence-corrected chi connectivity index (χ4v) is 2.03. The van der Waals surface area contributed by atoms with E-state index in [0.717, 1.165) is 18.2 Å². The Morgan fingerprint density at radius 1 is 1.25 bits per heavy atom. The lowest BCUT2D eigenvalue weighted by Crippen LogP contribution is -2.05. The van der Waals surface area contributed by atoms with E-state index in [1.165, 1.54) is 4.68 Å². The number of hydrogen-bond acceptors (Lipinski definition) is 3. The van der Waals surface area contributed by atoms with Gasteiger partial charge >= 0.3 is 0 Å². The highest BCUT2D eigenvalue weighted by Gasteiger charge is 2.13. The summed E-state index contributed by atoms with van der Waals surface area (Å²) in [7, 11) is 0. The van der Waals surface area contributed by atoms with Gasteiger partial charge in [0.05, 0.1) is 11.9 Å². The first-order valence-electron chi connectivity index (χ1n) is 5.84. The molecule has 0 N–H and O–H groups in total. The summed E-state index contributed by atoms with van der Waals surface area (Å²) in [4.78, 5) is 4.13. The van der Waals surface area contributed by atoms with Gasteiger partial charge in [-0.05, 0) is 30.3 Å². The molecular formula is C14H8F2N4. The third-order valence-electron chi connectivity index (χ3n) is 2.94. The normalized spacial score (nSPS) is 10.7. The quantitative estimate of drug-likeness (QED) is 0.719. The molecule has 0 fully saturated rings. The predicted octanol–water partition coefficient (Wildman–Crippen LogP) is 2.63. The van der Waals surface area contributed by atoms with Gasteiger partial charge in [-0.15, -0.1) is 0 Å². The number of pyridine rings is 1. The minimum atomic E-state index is -0.524. The third kappa shape index (κ3) is 1.99. The van der Waals surface area contributed by atoms with Gasteiger partial charge in [0.2, 0.25) is 0 Å². The van der Waals surface area contributed by atoms with E-state index in [0.29, 0.717) is 11.0 Å². The van der Waals surface area contributed by atoms with Crippen molar-refractivity contribution < 1.29 is 8.78 Å². The van der Waals surface area contributed by atoms with Crippen LogP contribution in [0.15, 0.2) is 36.5 Å². The number of halogens is 2. The maximum absolute atomic E-state index is 13.7. The number of aromatic nitrogens is 3. The first-order valence-corrected chi connectivity index (χ1v) is 5.84. The molecule has 0 saturated carbocycles. The molecule has 98 valence electrons. The second-order valence-electron chi connectivity index (χ2n) is 4.23. The Hall–Kier alpha value is -2.81. The van der Waals surface area contributed by atoms with E-state index in [1.54, 1.807) is 18.3 Å². The van der Waals surface area contributed by atoms with Gasteiger partial charge in [-0.3, -0.25) is 0 Å². The van der Waals surface area contributed by atoms with Gasteiger partial charge in [-0.1, -0.05) is 0 Å². The van der Waals surface area contributed by atoms with E-state index in [4.69, 9.17) is 5.26 Å². The van der Waals surface area contributed by atoms with Crippen LogP contribution in [0.5, 0.6) is 0 Å². The van der Waals surface area contributed by atoms with Gasteiger partial charge in [-0.2, -0.15) is 10.4 Å². The summed E-state index contributed by atoms with van der Waals surface area (Å²) in [6, 6.07) is 8.60. The molecule has 0 saturated heterocycles. The second-order valence-corrected chi connectivity index (χ2v) is 4.23. The standard InChI is InChI=1S/C14H8F2N4/c15-10-3-4-12(16)9(6-10)8-20-14-11(2-1-5-18-14)13(7-17)19-20/h1-6H,8H2. The van der Waals surface area contributed by atoms with Gasteiger partial charge in [0, 0.05) is 11.8 Å². The molecule has 2 heterocycles. The van der Waals surface area contributed by atoms with E-state index in [2.05, 4.69) is 10.1 Å². The van der Waals surface area contributed by atoms with Crippen LogP contribution in [0.3, 0.4) is 0 Å². The predicted molar refractivity (Wildman–Crippen MR) is 67.7 cm³/mol. The highest BCUT2D eigenvalue weighted by Crippen LogP contribution is 2.18. The fourth-order valence-electron chi connectivity index (χ4n) is 2.03. The van der Waals surface area contributed by atoms with Gasteiger partial charge in [0.25, 0.3) is 0 Å². The zero-order valence-corrected chi connectivity index (χ0v) is 10.2. The Bertz CT molecular complexity index is 833. The van der Waals surface area contributed by atoms with E-state index < -0.39 is 11.6 Å². The Kier molecular flexibility index (Phi) is 2.88. The average molecular weight is 270 g/mol. The maximum Gasteiger partial charge on any atom is 0.172 e. The monoisotopic (exact) mass is 270 g/mol. The Labute approximate surface area is 112 Å². The molecule has 0 aliphatic carbocycles. The molecule has 20 heavy (non-hydrogen) atoms. The lowest BCUT2D eigenvalue weighted by molar-refractivity contribution is 0.569. The zero-order valence-electron chi connectivity index (χ0n) is 10.2. The van der Waals surface area contributed by atoms with Crippen LogP contribution in [0.25, 0.3) is 11.0 Å². The lowest BCUT2D eigenvalue weighted by atomic mass is 10.2. The summed E-state index contributed by atoms with van der Waals surface area (Å²) >= 11 is 0. The molecule has 6 heteroatoms. The van der Waals surface area contributed by atoms with Crippen molar-refractivity contribution in [3.63, 3.8) is 0 Å². The van der Waals surface area contributed by atoms with Crippen LogP contribution in [0.4, 0.5) is 8.78 Å².